The maximum atomic E-state index is 10.7. The van der Waals surface area contributed by atoms with Crippen LogP contribution in [0.25, 0.3) is 0 Å². The van der Waals surface area contributed by atoms with Crippen molar-refractivity contribution in [2.24, 2.45) is 0 Å². The first-order valence-corrected chi connectivity index (χ1v) is 6.59. The second-order valence-electron chi connectivity index (χ2n) is 4.88. The molecule has 0 saturated carbocycles. The van der Waals surface area contributed by atoms with Gasteiger partial charge >= 0.3 is 0 Å². The highest BCUT2D eigenvalue weighted by Gasteiger charge is 2.09. The number of quaternary nitrogens is 1. The summed E-state index contributed by atoms with van der Waals surface area (Å²) in [4.78, 5) is 16.0. The molecule has 2 rings (SSSR count). The third-order valence-corrected chi connectivity index (χ3v) is 3.16. The van der Waals surface area contributed by atoms with Crippen molar-refractivity contribution in [1.29, 1.82) is 0 Å². The van der Waals surface area contributed by atoms with E-state index in [1.54, 1.807) is 18.3 Å². The minimum absolute atomic E-state index is 0.153. The van der Waals surface area contributed by atoms with Gasteiger partial charge in [0.05, 0.1) is 18.5 Å². The van der Waals surface area contributed by atoms with Crippen molar-refractivity contribution in [3.63, 3.8) is 0 Å². The molecule has 104 valence electrons. The van der Waals surface area contributed by atoms with Crippen LogP contribution < -0.4 is 4.90 Å². The van der Waals surface area contributed by atoms with Gasteiger partial charge in [0.15, 0.2) is 0 Å². The summed E-state index contributed by atoms with van der Waals surface area (Å²) in [5, 5.41) is 10.7. The minimum atomic E-state index is -0.354. The van der Waals surface area contributed by atoms with Gasteiger partial charge in [-0.1, -0.05) is 18.2 Å². The van der Waals surface area contributed by atoms with Crippen LogP contribution in [0.5, 0.6) is 0 Å². The fourth-order valence-corrected chi connectivity index (χ4v) is 2.10. The lowest BCUT2D eigenvalue weighted by molar-refractivity contribution is -0.893. The number of non-ortho nitro benzene ring substituents is 1. The Kier molecular flexibility index (Phi) is 4.79. The van der Waals surface area contributed by atoms with Crippen LogP contribution in [0.3, 0.4) is 0 Å². The standard InChI is InChI=1S/C15H17N3O2/c1-17(10-8-14-6-2-3-9-16-14)12-13-5-4-7-15(11-13)18(19)20/h2-7,9,11H,8,10,12H2,1H3/p+1. The highest BCUT2D eigenvalue weighted by Crippen LogP contribution is 2.12. The van der Waals surface area contributed by atoms with E-state index < -0.39 is 0 Å². The molecule has 0 radical (unpaired) electrons. The van der Waals surface area contributed by atoms with Crippen molar-refractivity contribution in [2.45, 2.75) is 13.0 Å². The monoisotopic (exact) mass is 272 g/mol. The Morgan fingerprint density at radius 2 is 2.10 bits per heavy atom. The van der Waals surface area contributed by atoms with Gasteiger partial charge in [0, 0.05) is 36.0 Å². The summed E-state index contributed by atoms with van der Waals surface area (Å²) in [6.07, 6.45) is 2.70. The van der Waals surface area contributed by atoms with E-state index in [-0.39, 0.29) is 10.6 Å². The molecule has 5 nitrogen and oxygen atoms in total. The predicted octanol–water partition coefficient (Wildman–Crippen LogP) is 1.25. The Bertz CT molecular complexity index is 572. The van der Waals surface area contributed by atoms with E-state index in [9.17, 15) is 10.1 Å². The maximum absolute atomic E-state index is 10.7. The zero-order valence-electron chi connectivity index (χ0n) is 11.5. The third kappa shape index (κ3) is 4.13. The lowest BCUT2D eigenvalue weighted by Gasteiger charge is -2.13. The molecule has 20 heavy (non-hydrogen) atoms. The molecule has 0 amide bonds. The van der Waals surface area contributed by atoms with Crippen LogP contribution in [-0.4, -0.2) is 23.5 Å². The van der Waals surface area contributed by atoms with Gasteiger partial charge in [-0.25, -0.2) is 0 Å². The zero-order valence-corrected chi connectivity index (χ0v) is 11.5. The number of pyridine rings is 1. The summed E-state index contributed by atoms with van der Waals surface area (Å²) in [7, 11) is 2.09. The van der Waals surface area contributed by atoms with E-state index in [0.717, 1.165) is 30.8 Å². The Morgan fingerprint density at radius 1 is 1.25 bits per heavy atom. The molecule has 1 heterocycles. The lowest BCUT2D eigenvalue weighted by Crippen LogP contribution is -3.07. The SMILES string of the molecule is C[NH+](CCc1ccccn1)Cc1cccc([N+](=O)[O-])c1. The second kappa shape index (κ2) is 6.77. The lowest BCUT2D eigenvalue weighted by atomic mass is 10.2. The molecule has 0 spiro atoms. The number of benzene rings is 1. The van der Waals surface area contributed by atoms with Crippen LogP contribution in [0.4, 0.5) is 5.69 Å². The molecule has 1 unspecified atom stereocenters. The molecule has 0 saturated heterocycles. The summed E-state index contributed by atoms with van der Waals surface area (Å²) >= 11 is 0. The topological polar surface area (TPSA) is 60.5 Å². The highest BCUT2D eigenvalue weighted by molar-refractivity contribution is 5.33. The molecular weight excluding hydrogens is 254 g/mol. The van der Waals surface area contributed by atoms with Gasteiger partial charge in [-0.2, -0.15) is 0 Å². The first kappa shape index (κ1) is 14.1. The summed E-state index contributed by atoms with van der Waals surface area (Å²) in [6, 6.07) is 12.7. The van der Waals surface area contributed by atoms with Crippen molar-refractivity contribution in [3.8, 4) is 0 Å². The normalized spacial score (nSPS) is 12.1. The first-order valence-electron chi connectivity index (χ1n) is 6.59. The Balaban J connectivity index is 1.89. The number of likely N-dealkylation sites (N-methyl/N-ethyl adjacent to an activating group) is 1. The second-order valence-corrected chi connectivity index (χ2v) is 4.88. The molecular formula is C15H18N3O2+. The number of nitrogens with zero attached hydrogens (tertiary/aromatic N) is 2. The summed E-state index contributed by atoms with van der Waals surface area (Å²) in [5.74, 6) is 0. The Labute approximate surface area is 118 Å². The van der Waals surface area contributed by atoms with Gasteiger partial charge < -0.3 is 4.90 Å². The fraction of sp³-hybridized carbons (Fsp3) is 0.267. The molecule has 1 aromatic heterocycles. The van der Waals surface area contributed by atoms with E-state index in [1.165, 1.54) is 11.0 Å². The number of nitrogens with one attached hydrogen (secondary N) is 1. The molecule has 0 bridgehead atoms. The Hall–Kier alpha value is -2.27. The van der Waals surface area contributed by atoms with Gasteiger partial charge in [-0.05, 0) is 12.1 Å². The number of hydrogen-bond acceptors (Lipinski definition) is 3. The highest BCUT2D eigenvalue weighted by atomic mass is 16.6. The number of aromatic nitrogens is 1. The van der Waals surface area contributed by atoms with Gasteiger partial charge in [0.1, 0.15) is 6.54 Å². The van der Waals surface area contributed by atoms with E-state index in [2.05, 4.69) is 12.0 Å². The van der Waals surface area contributed by atoms with E-state index in [0.29, 0.717) is 0 Å². The van der Waals surface area contributed by atoms with Crippen LogP contribution in [-0.2, 0) is 13.0 Å². The number of nitro groups is 1. The van der Waals surface area contributed by atoms with Crippen LogP contribution in [0.15, 0.2) is 48.7 Å². The van der Waals surface area contributed by atoms with Crippen molar-refractivity contribution in [2.75, 3.05) is 13.6 Å². The molecule has 1 atom stereocenters. The van der Waals surface area contributed by atoms with Crippen LogP contribution in [0, 0.1) is 10.1 Å². The van der Waals surface area contributed by atoms with E-state index in [4.69, 9.17) is 0 Å². The van der Waals surface area contributed by atoms with Gasteiger partial charge in [0.2, 0.25) is 0 Å². The summed E-state index contributed by atoms with van der Waals surface area (Å²) in [6.45, 7) is 1.72. The number of rotatable bonds is 6. The maximum Gasteiger partial charge on any atom is 0.269 e. The van der Waals surface area contributed by atoms with E-state index >= 15 is 0 Å². The average molecular weight is 272 g/mol. The van der Waals surface area contributed by atoms with Crippen molar-refractivity contribution in [3.05, 3.63) is 70.0 Å². The third-order valence-electron chi connectivity index (χ3n) is 3.16. The molecule has 0 aliphatic heterocycles. The number of hydrogen-bond donors (Lipinski definition) is 1. The minimum Gasteiger partial charge on any atom is -0.333 e. The van der Waals surface area contributed by atoms with Crippen molar-refractivity contribution >= 4 is 5.69 Å². The molecule has 5 heteroatoms. The summed E-state index contributed by atoms with van der Waals surface area (Å²) < 4.78 is 0. The fourth-order valence-electron chi connectivity index (χ4n) is 2.10. The molecule has 1 aromatic carbocycles. The van der Waals surface area contributed by atoms with Gasteiger partial charge in [0.25, 0.3) is 5.69 Å². The van der Waals surface area contributed by atoms with Crippen LogP contribution in [0.1, 0.15) is 11.3 Å². The predicted molar refractivity (Wildman–Crippen MR) is 76.5 cm³/mol. The quantitative estimate of drug-likeness (QED) is 0.636. The van der Waals surface area contributed by atoms with E-state index in [1.807, 2.05) is 24.3 Å². The van der Waals surface area contributed by atoms with Gasteiger partial charge in [-0.15, -0.1) is 0 Å². The molecule has 0 fully saturated rings. The van der Waals surface area contributed by atoms with Gasteiger partial charge in [-0.3, -0.25) is 15.1 Å². The smallest absolute Gasteiger partial charge is 0.269 e. The zero-order chi connectivity index (χ0) is 14.4. The first-order chi connectivity index (χ1) is 9.65. The largest absolute Gasteiger partial charge is 0.333 e. The van der Waals surface area contributed by atoms with Crippen molar-refractivity contribution in [1.82, 2.24) is 4.98 Å². The number of nitro benzene ring substituents is 1. The summed E-state index contributed by atoms with van der Waals surface area (Å²) in [5.41, 5.74) is 2.21. The van der Waals surface area contributed by atoms with Crippen LogP contribution >= 0.6 is 0 Å². The molecule has 2 aromatic rings. The molecule has 1 N–H and O–H groups in total. The molecule has 0 aliphatic carbocycles. The Morgan fingerprint density at radius 3 is 2.80 bits per heavy atom. The average Bonchev–Trinajstić information content (AvgIpc) is 2.46. The van der Waals surface area contributed by atoms with Crippen molar-refractivity contribution < 1.29 is 9.82 Å². The molecule has 0 aliphatic rings. The van der Waals surface area contributed by atoms with Crippen LogP contribution in [0.2, 0.25) is 0 Å².